The number of rotatable bonds is 4. The van der Waals surface area contributed by atoms with Crippen LogP contribution in [0.25, 0.3) is 0 Å². The molecule has 2 heterocycles. The summed E-state index contributed by atoms with van der Waals surface area (Å²) in [5, 5.41) is 4.25. The zero-order valence-electron chi connectivity index (χ0n) is 9.53. The van der Waals surface area contributed by atoms with Crippen LogP contribution in [0.2, 0.25) is 0 Å². The van der Waals surface area contributed by atoms with Gasteiger partial charge in [0.25, 0.3) is 6.43 Å². The Balaban J connectivity index is 1.75. The van der Waals surface area contributed by atoms with Crippen molar-refractivity contribution in [3.8, 4) is 0 Å². The highest BCUT2D eigenvalue weighted by atomic mass is 127. The summed E-state index contributed by atoms with van der Waals surface area (Å²) >= 11 is 2.24. The predicted octanol–water partition coefficient (Wildman–Crippen LogP) is 2.46. The van der Waals surface area contributed by atoms with Crippen LogP contribution in [0.5, 0.6) is 0 Å². The molecule has 0 bridgehead atoms. The van der Waals surface area contributed by atoms with E-state index in [0.29, 0.717) is 5.92 Å². The number of aromatic nitrogens is 2. The Hall–Kier alpha value is -0.240. The highest BCUT2D eigenvalue weighted by Crippen LogP contribution is 2.19. The Labute approximate surface area is 113 Å². The van der Waals surface area contributed by atoms with Gasteiger partial charge in [0.2, 0.25) is 0 Å². The van der Waals surface area contributed by atoms with Crippen molar-refractivity contribution in [2.75, 3.05) is 19.6 Å². The van der Waals surface area contributed by atoms with E-state index in [1.807, 2.05) is 22.0 Å². The molecule has 1 saturated heterocycles. The summed E-state index contributed by atoms with van der Waals surface area (Å²) in [4.78, 5) is 1.86. The molecular weight excluding hydrogens is 339 g/mol. The normalized spacial score (nSPS) is 19.1. The van der Waals surface area contributed by atoms with Crippen molar-refractivity contribution >= 4 is 22.6 Å². The molecule has 1 aromatic heterocycles. The van der Waals surface area contributed by atoms with Gasteiger partial charge in [0.1, 0.15) is 0 Å². The Bertz CT molecular complexity index is 348. The molecule has 96 valence electrons. The lowest BCUT2D eigenvalue weighted by molar-refractivity contribution is 0.0666. The van der Waals surface area contributed by atoms with Gasteiger partial charge in [-0.3, -0.25) is 9.58 Å². The van der Waals surface area contributed by atoms with Gasteiger partial charge in [0.15, 0.2) is 0 Å². The minimum absolute atomic E-state index is 0.0770. The molecule has 1 aromatic rings. The lowest BCUT2D eigenvalue weighted by atomic mass is 9.97. The fourth-order valence-electron chi connectivity index (χ4n) is 2.25. The van der Waals surface area contributed by atoms with E-state index in [4.69, 9.17) is 0 Å². The Morgan fingerprint density at radius 3 is 2.65 bits per heavy atom. The number of piperidine rings is 1. The van der Waals surface area contributed by atoms with Crippen molar-refractivity contribution in [2.24, 2.45) is 5.92 Å². The number of hydrogen-bond donors (Lipinski definition) is 0. The summed E-state index contributed by atoms with van der Waals surface area (Å²) in [6.45, 7) is 2.40. The van der Waals surface area contributed by atoms with Gasteiger partial charge in [-0.1, -0.05) is 0 Å². The second-order valence-corrected chi connectivity index (χ2v) is 5.76. The van der Waals surface area contributed by atoms with Gasteiger partial charge >= 0.3 is 0 Å². The van der Waals surface area contributed by atoms with Crippen LogP contribution < -0.4 is 0 Å². The SMILES string of the molecule is FC(F)CN1CCC(Cn2cc(I)cn2)CC1. The van der Waals surface area contributed by atoms with Crippen LogP contribution in [0.1, 0.15) is 12.8 Å². The molecule has 3 nitrogen and oxygen atoms in total. The summed E-state index contributed by atoms with van der Waals surface area (Å²) in [5.41, 5.74) is 0. The van der Waals surface area contributed by atoms with E-state index in [0.717, 1.165) is 36.0 Å². The van der Waals surface area contributed by atoms with Crippen LogP contribution >= 0.6 is 22.6 Å². The van der Waals surface area contributed by atoms with Crippen molar-refractivity contribution in [3.63, 3.8) is 0 Å². The third-order valence-corrected chi connectivity index (χ3v) is 3.71. The molecular formula is C11H16F2IN3. The van der Waals surface area contributed by atoms with E-state index in [9.17, 15) is 8.78 Å². The summed E-state index contributed by atoms with van der Waals surface area (Å²) in [6, 6.07) is 0. The summed E-state index contributed by atoms with van der Waals surface area (Å²) < 4.78 is 27.5. The van der Waals surface area contributed by atoms with Crippen LogP contribution in [0.15, 0.2) is 12.4 Å². The molecule has 0 aromatic carbocycles. The molecule has 0 spiro atoms. The van der Waals surface area contributed by atoms with Gasteiger partial charge in [-0.2, -0.15) is 5.10 Å². The Morgan fingerprint density at radius 2 is 2.12 bits per heavy atom. The quantitative estimate of drug-likeness (QED) is 0.774. The van der Waals surface area contributed by atoms with Crippen LogP contribution in [0, 0.1) is 9.49 Å². The number of alkyl halides is 2. The van der Waals surface area contributed by atoms with E-state index in [1.54, 1.807) is 0 Å². The van der Waals surface area contributed by atoms with E-state index in [1.165, 1.54) is 0 Å². The van der Waals surface area contributed by atoms with Gasteiger partial charge < -0.3 is 0 Å². The molecule has 0 atom stereocenters. The summed E-state index contributed by atoms with van der Waals surface area (Å²) in [7, 11) is 0. The van der Waals surface area contributed by atoms with Crippen LogP contribution in [0.3, 0.4) is 0 Å². The lowest BCUT2D eigenvalue weighted by Gasteiger charge is -2.31. The molecule has 2 rings (SSSR count). The molecule has 0 N–H and O–H groups in total. The molecule has 1 aliphatic heterocycles. The van der Waals surface area contributed by atoms with Gasteiger partial charge in [0.05, 0.1) is 16.3 Å². The zero-order valence-corrected chi connectivity index (χ0v) is 11.7. The topological polar surface area (TPSA) is 21.1 Å². The molecule has 0 aliphatic carbocycles. The minimum atomic E-state index is -2.21. The molecule has 0 amide bonds. The van der Waals surface area contributed by atoms with Gasteiger partial charge in [-0.15, -0.1) is 0 Å². The average molecular weight is 355 g/mol. The van der Waals surface area contributed by atoms with Crippen molar-refractivity contribution in [1.29, 1.82) is 0 Å². The average Bonchev–Trinajstić information content (AvgIpc) is 2.66. The summed E-state index contributed by atoms with van der Waals surface area (Å²) in [5.74, 6) is 0.569. The first-order chi connectivity index (χ1) is 8.13. The van der Waals surface area contributed by atoms with Crippen molar-refractivity contribution in [2.45, 2.75) is 25.8 Å². The van der Waals surface area contributed by atoms with Crippen molar-refractivity contribution in [3.05, 3.63) is 16.0 Å². The number of hydrogen-bond acceptors (Lipinski definition) is 2. The highest BCUT2D eigenvalue weighted by Gasteiger charge is 2.21. The van der Waals surface area contributed by atoms with Gasteiger partial charge in [0, 0.05) is 12.7 Å². The third kappa shape index (κ3) is 4.17. The molecule has 17 heavy (non-hydrogen) atoms. The van der Waals surface area contributed by atoms with Gasteiger partial charge in [-0.05, 0) is 54.4 Å². The number of nitrogens with zero attached hydrogens (tertiary/aromatic N) is 3. The van der Waals surface area contributed by atoms with E-state index >= 15 is 0 Å². The maximum atomic E-state index is 12.2. The second-order valence-electron chi connectivity index (χ2n) is 4.52. The zero-order chi connectivity index (χ0) is 12.3. The van der Waals surface area contributed by atoms with E-state index < -0.39 is 6.43 Å². The number of halogens is 3. The first-order valence-corrected chi connectivity index (χ1v) is 6.90. The molecule has 0 radical (unpaired) electrons. The van der Waals surface area contributed by atoms with E-state index in [2.05, 4.69) is 27.7 Å². The van der Waals surface area contributed by atoms with Crippen LogP contribution in [-0.4, -0.2) is 40.7 Å². The standard InChI is InChI=1S/C11H16F2IN3/c12-11(13)8-16-3-1-9(2-4-16)6-17-7-10(14)5-15-17/h5,7,9,11H,1-4,6,8H2. The fraction of sp³-hybridized carbons (Fsp3) is 0.727. The predicted molar refractivity (Wildman–Crippen MR) is 70.1 cm³/mol. The second kappa shape index (κ2) is 6.08. The molecule has 6 heteroatoms. The molecule has 1 aliphatic rings. The maximum absolute atomic E-state index is 12.2. The lowest BCUT2D eigenvalue weighted by Crippen LogP contribution is -2.37. The Kier molecular flexibility index (Phi) is 4.72. The Morgan fingerprint density at radius 1 is 1.41 bits per heavy atom. The molecule has 0 saturated carbocycles. The van der Waals surface area contributed by atoms with Crippen molar-refractivity contribution < 1.29 is 8.78 Å². The molecule has 0 unspecified atom stereocenters. The van der Waals surface area contributed by atoms with Gasteiger partial charge in [-0.25, -0.2) is 8.78 Å². The fourth-order valence-corrected chi connectivity index (χ4v) is 2.70. The number of likely N-dealkylation sites (tertiary alicyclic amines) is 1. The van der Waals surface area contributed by atoms with Crippen LogP contribution in [-0.2, 0) is 6.54 Å². The van der Waals surface area contributed by atoms with E-state index in [-0.39, 0.29) is 6.54 Å². The smallest absolute Gasteiger partial charge is 0.251 e. The summed E-state index contributed by atoms with van der Waals surface area (Å²) in [6.07, 6.45) is 3.63. The largest absolute Gasteiger partial charge is 0.298 e. The monoisotopic (exact) mass is 355 g/mol. The maximum Gasteiger partial charge on any atom is 0.251 e. The minimum Gasteiger partial charge on any atom is -0.298 e. The first kappa shape index (κ1) is 13.2. The third-order valence-electron chi connectivity index (χ3n) is 3.15. The van der Waals surface area contributed by atoms with Crippen LogP contribution in [0.4, 0.5) is 8.78 Å². The highest BCUT2D eigenvalue weighted by molar-refractivity contribution is 14.1. The molecule has 1 fully saturated rings. The van der Waals surface area contributed by atoms with Crippen molar-refractivity contribution in [1.82, 2.24) is 14.7 Å². The first-order valence-electron chi connectivity index (χ1n) is 5.82.